The van der Waals surface area contributed by atoms with E-state index >= 15 is 0 Å². The molecule has 0 saturated heterocycles. The number of aliphatic carboxylic acids is 1. The van der Waals surface area contributed by atoms with Gasteiger partial charge in [0.15, 0.2) is 9.84 Å². The van der Waals surface area contributed by atoms with Crippen LogP contribution in [-0.2, 0) is 14.6 Å². The number of carboxylic acid groups (broad SMARTS) is 1. The fraction of sp³-hybridized carbons (Fsp3) is 0.462. The van der Waals surface area contributed by atoms with Crippen LogP contribution in [0.5, 0.6) is 0 Å². The van der Waals surface area contributed by atoms with Gasteiger partial charge in [0.1, 0.15) is 0 Å². The lowest BCUT2D eigenvalue weighted by Gasteiger charge is -2.35. The van der Waals surface area contributed by atoms with Gasteiger partial charge in [-0.2, -0.15) is 0 Å². The zero-order chi connectivity index (χ0) is 14.2. The largest absolute Gasteiger partial charge is 0.481 e. The van der Waals surface area contributed by atoms with Gasteiger partial charge in [-0.1, -0.05) is 12.1 Å². The van der Waals surface area contributed by atoms with E-state index in [2.05, 4.69) is 0 Å². The number of sulfone groups is 1. The molecule has 0 aromatic heterocycles. The monoisotopic (exact) mass is 283 g/mol. The van der Waals surface area contributed by atoms with Gasteiger partial charge < -0.3 is 10.0 Å². The molecule has 1 aliphatic rings. The molecule has 1 aromatic rings. The predicted molar refractivity (Wildman–Crippen MR) is 72.3 cm³/mol. The fourth-order valence-corrected chi connectivity index (χ4v) is 4.05. The van der Waals surface area contributed by atoms with E-state index in [1.807, 2.05) is 17.9 Å². The topological polar surface area (TPSA) is 74.7 Å². The van der Waals surface area contributed by atoms with Crippen LogP contribution in [0.15, 0.2) is 23.1 Å². The van der Waals surface area contributed by atoms with Crippen LogP contribution < -0.4 is 4.90 Å². The number of carboxylic acids is 1. The molecule has 0 aliphatic carbocycles. The quantitative estimate of drug-likeness (QED) is 0.908. The van der Waals surface area contributed by atoms with Crippen molar-refractivity contribution in [3.8, 4) is 0 Å². The minimum Gasteiger partial charge on any atom is -0.481 e. The Hall–Kier alpha value is -1.56. The number of hydrogen-bond acceptors (Lipinski definition) is 4. The predicted octanol–water partition coefficient (Wildman–Crippen LogP) is 1.45. The van der Waals surface area contributed by atoms with Gasteiger partial charge in [-0.15, -0.1) is 0 Å². The van der Waals surface area contributed by atoms with Crippen molar-refractivity contribution in [2.75, 3.05) is 18.0 Å². The molecule has 5 nitrogen and oxygen atoms in total. The highest BCUT2D eigenvalue weighted by atomic mass is 32.2. The van der Waals surface area contributed by atoms with E-state index in [1.165, 1.54) is 0 Å². The number of benzene rings is 1. The van der Waals surface area contributed by atoms with Crippen LogP contribution in [0, 0.1) is 6.92 Å². The van der Waals surface area contributed by atoms with Gasteiger partial charge >= 0.3 is 5.97 Å². The number of rotatable bonds is 3. The van der Waals surface area contributed by atoms with Crippen LogP contribution in [0.4, 0.5) is 5.69 Å². The molecule has 1 atom stereocenters. The smallest absolute Gasteiger partial charge is 0.305 e. The molecule has 1 heterocycles. The lowest BCUT2D eigenvalue weighted by Crippen LogP contribution is -2.42. The van der Waals surface area contributed by atoms with Crippen molar-refractivity contribution in [3.05, 3.63) is 23.8 Å². The molecule has 1 aliphatic heterocycles. The first-order valence-electron chi connectivity index (χ1n) is 6.14. The molecular weight excluding hydrogens is 266 g/mol. The molecule has 0 radical (unpaired) electrons. The molecule has 104 valence electrons. The molecule has 0 amide bonds. The summed E-state index contributed by atoms with van der Waals surface area (Å²) in [5.41, 5.74) is 1.51. The number of carbonyl (C=O) groups is 1. The molecule has 0 saturated carbocycles. The van der Waals surface area contributed by atoms with Crippen molar-refractivity contribution in [1.29, 1.82) is 0 Å². The first-order chi connectivity index (χ1) is 8.84. The Balaban J connectivity index is 2.48. The highest BCUT2D eigenvalue weighted by Gasteiger charge is 2.35. The second-order valence-electron chi connectivity index (χ2n) is 4.87. The van der Waals surface area contributed by atoms with Gasteiger partial charge in [-0.3, -0.25) is 4.79 Å². The molecule has 1 aromatic carbocycles. The fourth-order valence-electron chi connectivity index (χ4n) is 2.42. The summed E-state index contributed by atoms with van der Waals surface area (Å²) < 4.78 is 24.6. The summed E-state index contributed by atoms with van der Waals surface area (Å²) in [5.74, 6) is -0.879. The van der Waals surface area contributed by atoms with E-state index in [9.17, 15) is 13.2 Å². The molecule has 0 bridgehead atoms. The lowest BCUT2D eigenvalue weighted by molar-refractivity contribution is -0.136. The van der Waals surface area contributed by atoms with Crippen LogP contribution >= 0.6 is 0 Å². The second-order valence-corrected chi connectivity index (χ2v) is 7.20. The number of fused-ring (bicyclic) bond motifs is 1. The minimum absolute atomic E-state index is 0.000538. The van der Waals surface area contributed by atoms with Crippen molar-refractivity contribution in [3.63, 3.8) is 0 Å². The molecule has 1 unspecified atom stereocenters. The normalized spacial score (nSPS) is 20.9. The number of nitrogens with zero attached hydrogens (tertiary/aromatic N) is 1. The van der Waals surface area contributed by atoms with E-state index in [1.54, 1.807) is 19.1 Å². The Morgan fingerprint density at radius 1 is 1.47 bits per heavy atom. The Labute approximate surface area is 112 Å². The third-order valence-corrected chi connectivity index (χ3v) is 5.58. The standard InChI is InChI=1S/C13H17NO4S/c1-9-4-3-5-11-13(9)14(7-6-12(15)16)8-10(2)19(11,17)18/h3-5,10H,6-8H2,1-2H3,(H,15,16). The average molecular weight is 283 g/mol. The first-order valence-corrected chi connectivity index (χ1v) is 7.69. The van der Waals surface area contributed by atoms with E-state index < -0.39 is 21.1 Å². The van der Waals surface area contributed by atoms with Crippen LogP contribution in [0.1, 0.15) is 18.9 Å². The Bertz CT molecular complexity index is 609. The zero-order valence-corrected chi connectivity index (χ0v) is 11.8. The third kappa shape index (κ3) is 2.45. The molecule has 2 rings (SSSR count). The molecular formula is C13H17NO4S. The SMILES string of the molecule is Cc1cccc2c1N(CCC(=O)O)CC(C)S2(=O)=O. The van der Waals surface area contributed by atoms with Gasteiger partial charge in [0.2, 0.25) is 0 Å². The maximum Gasteiger partial charge on any atom is 0.305 e. The van der Waals surface area contributed by atoms with Gasteiger partial charge in [-0.05, 0) is 25.5 Å². The van der Waals surface area contributed by atoms with E-state index in [0.717, 1.165) is 5.56 Å². The molecule has 0 fully saturated rings. The van der Waals surface area contributed by atoms with Crippen LogP contribution in [0.25, 0.3) is 0 Å². The van der Waals surface area contributed by atoms with Crippen molar-refractivity contribution in [2.45, 2.75) is 30.4 Å². The van der Waals surface area contributed by atoms with Crippen molar-refractivity contribution < 1.29 is 18.3 Å². The van der Waals surface area contributed by atoms with E-state index in [0.29, 0.717) is 23.7 Å². The molecule has 19 heavy (non-hydrogen) atoms. The Morgan fingerprint density at radius 2 is 2.16 bits per heavy atom. The maximum absolute atomic E-state index is 12.3. The van der Waals surface area contributed by atoms with Gasteiger partial charge in [0.25, 0.3) is 0 Å². The lowest BCUT2D eigenvalue weighted by atomic mass is 10.1. The summed E-state index contributed by atoms with van der Waals surface area (Å²) >= 11 is 0. The van der Waals surface area contributed by atoms with Gasteiger partial charge in [0, 0.05) is 13.1 Å². The first kappa shape index (κ1) is 13.9. The summed E-state index contributed by atoms with van der Waals surface area (Å²) in [6.07, 6.45) is 0.000538. The number of para-hydroxylation sites is 1. The minimum atomic E-state index is -3.30. The van der Waals surface area contributed by atoms with Crippen molar-refractivity contribution >= 4 is 21.5 Å². The average Bonchev–Trinajstić information content (AvgIpc) is 2.32. The number of anilines is 1. The van der Waals surface area contributed by atoms with Crippen molar-refractivity contribution in [1.82, 2.24) is 0 Å². The van der Waals surface area contributed by atoms with Gasteiger partial charge in [0.05, 0.1) is 22.3 Å². The summed E-state index contributed by atoms with van der Waals surface area (Å²) in [6, 6.07) is 5.17. The highest BCUT2D eigenvalue weighted by Crippen LogP contribution is 2.36. The highest BCUT2D eigenvalue weighted by molar-refractivity contribution is 7.92. The molecule has 0 spiro atoms. The number of aryl methyl sites for hydroxylation is 1. The second kappa shape index (κ2) is 4.85. The van der Waals surface area contributed by atoms with E-state index in [-0.39, 0.29) is 6.42 Å². The summed E-state index contributed by atoms with van der Waals surface area (Å²) in [5, 5.41) is 8.27. The molecule has 1 N–H and O–H groups in total. The number of hydrogen-bond donors (Lipinski definition) is 1. The van der Waals surface area contributed by atoms with Crippen LogP contribution in [-0.4, -0.2) is 37.8 Å². The maximum atomic E-state index is 12.3. The van der Waals surface area contributed by atoms with Crippen LogP contribution in [0.2, 0.25) is 0 Å². The summed E-state index contributed by atoms with van der Waals surface area (Å²) in [4.78, 5) is 12.9. The zero-order valence-electron chi connectivity index (χ0n) is 11.0. The summed E-state index contributed by atoms with van der Waals surface area (Å²) in [6.45, 7) is 4.17. The molecule has 6 heteroatoms. The van der Waals surface area contributed by atoms with Crippen LogP contribution in [0.3, 0.4) is 0 Å². The Kier molecular flexibility index (Phi) is 3.54. The van der Waals surface area contributed by atoms with Gasteiger partial charge in [-0.25, -0.2) is 8.42 Å². The van der Waals surface area contributed by atoms with E-state index in [4.69, 9.17) is 5.11 Å². The van der Waals surface area contributed by atoms with Crippen molar-refractivity contribution in [2.24, 2.45) is 0 Å². The summed E-state index contributed by atoms with van der Waals surface area (Å²) in [7, 11) is -3.30. The Morgan fingerprint density at radius 3 is 2.79 bits per heavy atom. The third-order valence-electron chi connectivity index (χ3n) is 3.43.